The highest BCUT2D eigenvalue weighted by atomic mass is 32.2. The molecule has 3 heterocycles. The number of aliphatic hydroxyl groups is 1. The van der Waals surface area contributed by atoms with Crippen LogP contribution in [0.1, 0.15) is 36.1 Å². The average Bonchev–Trinajstić information content (AvgIpc) is 3.29. The topological polar surface area (TPSA) is 128 Å². The Labute approximate surface area is 189 Å². The van der Waals surface area contributed by atoms with Crippen LogP contribution in [-0.4, -0.2) is 61.7 Å². The fourth-order valence-electron chi connectivity index (χ4n) is 4.75. The van der Waals surface area contributed by atoms with Crippen LogP contribution >= 0.6 is 0 Å². The molecule has 3 N–H and O–H groups in total. The van der Waals surface area contributed by atoms with Gasteiger partial charge < -0.3 is 19.5 Å². The molecule has 2 aliphatic heterocycles. The van der Waals surface area contributed by atoms with E-state index in [1.807, 2.05) is 0 Å². The first-order valence-corrected chi connectivity index (χ1v) is 12.3. The summed E-state index contributed by atoms with van der Waals surface area (Å²) in [6, 6.07) is 3.03. The van der Waals surface area contributed by atoms with Crippen molar-refractivity contribution >= 4 is 16.0 Å². The molecule has 1 aromatic carbocycles. The summed E-state index contributed by atoms with van der Waals surface area (Å²) in [6.45, 7) is 2.15. The van der Waals surface area contributed by atoms with E-state index in [1.165, 1.54) is 7.11 Å². The lowest BCUT2D eigenvalue weighted by molar-refractivity contribution is -0.00603. The van der Waals surface area contributed by atoms with E-state index in [2.05, 4.69) is 9.97 Å². The van der Waals surface area contributed by atoms with Crippen molar-refractivity contribution in [2.75, 3.05) is 30.9 Å². The molecule has 3 atom stereocenters. The van der Waals surface area contributed by atoms with E-state index in [0.717, 1.165) is 0 Å². The van der Waals surface area contributed by atoms with Crippen LogP contribution in [0.15, 0.2) is 12.1 Å². The second kappa shape index (κ2) is 7.47. The molecular weight excluding hydrogens is 458 g/mol. The third-order valence-electron chi connectivity index (χ3n) is 6.60. The second-order valence-corrected chi connectivity index (χ2v) is 10.5. The standard InChI is InChI=1S/C21H24F2N4O5S/c1-10-14(28)7-27(10)20-25-18(13-3-4-21(22,23)19(13)26-20)11-5-15(31-2)17-12(9-33(24,29)30)8-32-16(17)6-11/h5-6,10,12,14,28H,3-4,7-9H2,1-2H3,(H2,24,29,30)/t10-,12-,14+/m0/s1. The molecular formula is C21H24F2N4O5S. The van der Waals surface area contributed by atoms with Crippen molar-refractivity contribution in [3.63, 3.8) is 0 Å². The van der Waals surface area contributed by atoms with E-state index in [1.54, 1.807) is 24.0 Å². The Bertz CT molecular complexity index is 1240. The highest BCUT2D eigenvalue weighted by Crippen LogP contribution is 2.48. The van der Waals surface area contributed by atoms with Crippen LogP contribution in [0.3, 0.4) is 0 Å². The van der Waals surface area contributed by atoms with Gasteiger partial charge in [0.2, 0.25) is 16.0 Å². The quantitative estimate of drug-likeness (QED) is 0.657. The maximum absolute atomic E-state index is 14.7. The van der Waals surface area contributed by atoms with Gasteiger partial charge in [0.1, 0.15) is 17.2 Å². The molecule has 0 bridgehead atoms. The molecule has 1 saturated heterocycles. The van der Waals surface area contributed by atoms with Crippen LogP contribution in [0.4, 0.5) is 14.7 Å². The number of nitrogens with zero attached hydrogens (tertiary/aromatic N) is 3. The number of aliphatic hydroxyl groups excluding tert-OH is 1. The number of ether oxygens (including phenoxy) is 2. The van der Waals surface area contributed by atoms with Gasteiger partial charge in [0.05, 0.1) is 37.3 Å². The minimum Gasteiger partial charge on any atom is -0.496 e. The number of rotatable bonds is 5. The number of nitrogens with two attached hydrogens (primary N) is 1. The first-order chi connectivity index (χ1) is 15.5. The van der Waals surface area contributed by atoms with Crippen molar-refractivity contribution in [3.05, 3.63) is 29.0 Å². The lowest BCUT2D eigenvalue weighted by Gasteiger charge is -2.43. The molecule has 1 aliphatic carbocycles. The normalized spacial score (nSPS) is 25.3. The largest absolute Gasteiger partial charge is 0.496 e. The van der Waals surface area contributed by atoms with Gasteiger partial charge in [0.25, 0.3) is 5.92 Å². The molecule has 2 aromatic rings. The van der Waals surface area contributed by atoms with Crippen LogP contribution in [0.25, 0.3) is 11.3 Å². The lowest BCUT2D eigenvalue weighted by atomic mass is 9.97. The maximum Gasteiger partial charge on any atom is 0.290 e. The number of fused-ring (bicyclic) bond motifs is 2. The maximum atomic E-state index is 14.7. The van der Waals surface area contributed by atoms with Gasteiger partial charge in [-0.05, 0) is 25.5 Å². The number of hydrogen-bond acceptors (Lipinski definition) is 8. The molecule has 5 rings (SSSR count). The van der Waals surface area contributed by atoms with E-state index in [4.69, 9.17) is 14.6 Å². The Morgan fingerprint density at radius 2 is 2.12 bits per heavy atom. The van der Waals surface area contributed by atoms with Gasteiger partial charge in [-0.3, -0.25) is 0 Å². The van der Waals surface area contributed by atoms with E-state index in [-0.39, 0.29) is 49.4 Å². The highest BCUT2D eigenvalue weighted by Gasteiger charge is 2.45. The lowest BCUT2D eigenvalue weighted by Crippen LogP contribution is -2.59. The van der Waals surface area contributed by atoms with Gasteiger partial charge in [-0.2, -0.15) is 8.78 Å². The summed E-state index contributed by atoms with van der Waals surface area (Å²) in [6.07, 6.45) is -0.819. The SMILES string of the molecule is COc1cc(-c2nc(N3C[C@@H](O)[C@@H]3C)nc3c2CCC3(F)F)cc2c1[C@H](CS(N)(=O)=O)CO2. The van der Waals surface area contributed by atoms with Gasteiger partial charge >= 0.3 is 0 Å². The first-order valence-electron chi connectivity index (χ1n) is 10.6. The molecule has 0 spiro atoms. The van der Waals surface area contributed by atoms with Crippen molar-refractivity contribution in [3.8, 4) is 22.8 Å². The van der Waals surface area contributed by atoms with Gasteiger partial charge in [-0.1, -0.05) is 0 Å². The summed E-state index contributed by atoms with van der Waals surface area (Å²) in [5, 5.41) is 15.1. The van der Waals surface area contributed by atoms with Crippen molar-refractivity contribution < 1.29 is 31.8 Å². The minimum absolute atomic E-state index is 0.111. The van der Waals surface area contributed by atoms with Crippen LogP contribution in [0, 0.1) is 0 Å². The number of methoxy groups -OCH3 is 1. The number of anilines is 1. The number of sulfonamides is 1. The summed E-state index contributed by atoms with van der Waals surface area (Å²) < 4.78 is 63.8. The van der Waals surface area contributed by atoms with E-state index >= 15 is 0 Å². The number of halogens is 2. The Hall–Kier alpha value is -2.57. The van der Waals surface area contributed by atoms with Gasteiger partial charge in [-0.25, -0.2) is 23.5 Å². The van der Waals surface area contributed by atoms with E-state index in [0.29, 0.717) is 33.9 Å². The number of aromatic nitrogens is 2. The fraction of sp³-hybridized carbons (Fsp3) is 0.524. The van der Waals surface area contributed by atoms with Crippen LogP contribution in [0.5, 0.6) is 11.5 Å². The predicted octanol–water partition coefficient (Wildman–Crippen LogP) is 1.52. The summed E-state index contributed by atoms with van der Waals surface area (Å²) >= 11 is 0. The summed E-state index contributed by atoms with van der Waals surface area (Å²) in [5.41, 5.74) is 1.49. The second-order valence-electron chi connectivity index (χ2n) is 8.79. The van der Waals surface area contributed by atoms with Gasteiger partial charge in [0, 0.05) is 35.6 Å². The molecule has 3 aliphatic rings. The van der Waals surface area contributed by atoms with Crippen LogP contribution < -0.4 is 19.5 Å². The molecule has 0 amide bonds. The van der Waals surface area contributed by atoms with E-state index < -0.39 is 28.0 Å². The fourth-order valence-corrected chi connectivity index (χ4v) is 5.57. The Morgan fingerprint density at radius 3 is 2.76 bits per heavy atom. The third-order valence-corrected chi connectivity index (χ3v) is 7.47. The number of primary sulfonamides is 1. The Morgan fingerprint density at radius 1 is 1.36 bits per heavy atom. The van der Waals surface area contributed by atoms with Crippen molar-refractivity contribution in [2.24, 2.45) is 5.14 Å². The zero-order valence-electron chi connectivity index (χ0n) is 18.1. The van der Waals surface area contributed by atoms with Crippen molar-refractivity contribution in [1.29, 1.82) is 0 Å². The molecule has 0 unspecified atom stereocenters. The first kappa shape index (κ1) is 22.2. The van der Waals surface area contributed by atoms with E-state index in [9.17, 15) is 22.3 Å². The number of β-amino-alcohol motifs (C(OH)–C–C–N with tert-alkyl or cyclic N) is 1. The van der Waals surface area contributed by atoms with Gasteiger partial charge in [-0.15, -0.1) is 0 Å². The monoisotopic (exact) mass is 482 g/mol. The summed E-state index contributed by atoms with van der Waals surface area (Å²) in [4.78, 5) is 10.5. The van der Waals surface area contributed by atoms with Crippen molar-refractivity contribution in [2.45, 2.75) is 43.8 Å². The number of alkyl halides is 2. The summed E-state index contributed by atoms with van der Waals surface area (Å²) in [7, 11) is -2.30. The molecule has 1 aromatic heterocycles. The average molecular weight is 483 g/mol. The molecule has 9 nitrogen and oxygen atoms in total. The Balaban J connectivity index is 1.64. The van der Waals surface area contributed by atoms with Crippen LogP contribution in [0.2, 0.25) is 0 Å². The number of hydrogen-bond donors (Lipinski definition) is 2. The molecule has 0 saturated carbocycles. The van der Waals surface area contributed by atoms with Crippen LogP contribution in [-0.2, 0) is 22.4 Å². The molecule has 33 heavy (non-hydrogen) atoms. The third kappa shape index (κ3) is 3.69. The highest BCUT2D eigenvalue weighted by molar-refractivity contribution is 7.89. The molecule has 1 fully saturated rings. The number of benzene rings is 1. The smallest absolute Gasteiger partial charge is 0.290 e. The molecule has 12 heteroatoms. The van der Waals surface area contributed by atoms with Crippen molar-refractivity contribution in [1.82, 2.24) is 9.97 Å². The predicted molar refractivity (Wildman–Crippen MR) is 115 cm³/mol. The molecule has 0 radical (unpaired) electrons. The van der Waals surface area contributed by atoms with Gasteiger partial charge in [0.15, 0.2) is 0 Å². The summed E-state index contributed by atoms with van der Waals surface area (Å²) in [5.74, 6) is -2.96. The zero-order chi connectivity index (χ0) is 23.7. The Kier molecular flexibility index (Phi) is 5.03. The molecule has 178 valence electrons. The zero-order valence-corrected chi connectivity index (χ0v) is 18.9. The minimum atomic E-state index is -3.75.